The first-order valence-electron chi connectivity index (χ1n) is 9.31. The van der Waals surface area contributed by atoms with E-state index in [0.717, 1.165) is 24.8 Å². The van der Waals surface area contributed by atoms with Gasteiger partial charge >= 0.3 is 0 Å². The highest BCUT2D eigenvalue weighted by atomic mass is 16.5. The minimum Gasteiger partial charge on any atom is -0.490 e. The van der Waals surface area contributed by atoms with Gasteiger partial charge in [0, 0.05) is 23.6 Å². The van der Waals surface area contributed by atoms with Gasteiger partial charge in [-0.15, -0.1) is 0 Å². The Morgan fingerprint density at radius 2 is 2.08 bits per heavy atom. The SMILES string of the molecule is Cc1ccc2c(CCNC(=O)c3ccccc3OC3CCC3)c[nH]c2c1. The van der Waals surface area contributed by atoms with Crippen LogP contribution < -0.4 is 10.1 Å². The fraction of sp³-hybridized carbons (Fsp3) is 0.318. The molecule has 0 aliphatic heterocycles. The van der Waals surface area contributed by atoms with Gasteiger partial charge in [0.25, 0.3) is 5.91 Å². The van der Waals surface area contributed by atoms with E-state index in [2.05, 4.69) is 35.4 Å². The maximum atomic E-state index is 12.6. The molecule has 0 saturated heterocycles. The largest absolute Gasteiger partial charge is 0.490 e. The van der Waals surface area contributed by atoms with Crippen molar-refractivity contribution in [2.45, 2.75) is 38.7 Å². The fourth-order valence-electron chi connectivity index (χ4n) is 3.34. The number of ether oxygens (including phenoxy) is 1. The summed E-state index contributed by atoms with van der Waals surface area (Å²) in [6.45, 7) is 2.68. The van der Waals surface area contributed by atoms with Crippen molar-refractivity contribution in [3.63, 3.8) is 0 Å². The van der Waals surface area contributed by atoms with Crippen LogP contribution in [0.3, 0.4) is 0 Å². The van der Waals surface area contributed by atoms with Crippen molar-refractivity contribution in [1.29, 1.82) is 0 Å². The first-order valence-corrected chi connectivity index (χ1v) is 9.31. The Morgan fingerprint density at radius 3 is 2.88 bits per heavy atom. The Bertz CT molecular complexity index is 925. The molecule has 4 heteroatoms. The summed E-state index contributed by atoms with van der Waals surface area (Å²) in [5.74, 6) is 0.618. The van der Waals surface area contributed by atoms with E-state index < -0.39 is 0 Å². The van der Waals surface area contributed by atoms with E-state index in [1.165, 1.54) is 22.9 Å². The number of para-hydroxylation sites is 1. The Kier molecular flexibility index (Phi) is 4.65. The molecule has 0 atom stereocenters. The van der Waals surface area contributed by atoms with Gasteiger partial charge in [-0.25, -0.2) is 0 Å². The molecule has 1 aromatic heterocycles. The maximum absolute atomic E-state index is 12.6. The number of aryl methyl sites for hydroxylation is 1. The van der Waals surface area contributed by atoms with Crippen LogP contribution in [0, 0.1) is 6.92 Å². The number of rotatable bonds is 6. The average Bonchev–Trinajstić information content (AvgIpc) is 3.00. The number of carbonyl (C=O) groups excluding carboxylic acids is 1. The van der Waals surface area contributed by atoms with Crippen molar-refractivity contribution >= 4 is 16.8 Å². The molecule has 1 amide bonds. The van der Waals surface area contributed by atoms with E-state index in [1.54, 1.807) is 0 Å². The number of fused-ring (bicyclic) bond motifs is 1. The van der Waals surface area contributed by atoms with Crippen LogP contribution in [0.2, 0.25) is 0 Å². The number of benzene rings is 2. The summed E-state index contributed by atoms with van der Waals surface area (Å²) < 4.78 is 5.96. The minimum atomic E-state index is -0.0735. The highest BCUT2D eigenvalue weighted by Gasteiger charge is 2.21. The lowest BCUT2D eigenvalue weighted by Gasteiger charge is -2.27. The predicted octanol–water partition coefficient (Wildman–Crippen LogP) is 4.38. The van der Waals surface area contributed by atoms with Crippen LogP contribution in [0.1, 0.15) is 40.7 Å². The van der Waals surface area contributed by atoms with Crippen LogP contribution in [-0.2, 0) is 6.42 Å². The smallest absolute Gasteiger partial charge is 0.255 e. The van der Waals surface area contributed by atoms with Gasteiger partial charge in [0.15, 0.2) is 0 Å². The molecule has 1 aliphatic rings. The van der Waals surface area contributed by atoms with E-state index >= 15 is 0 Å². The molecule has 1 heterocycles. The zero-order valence-corrected chi connectivity index (χ0v) is 15.0. The summed E-state index contributed by atoms with van der Waals surface area (Å²) in [6, 6.07) is 13.9. The number of aromatic amines is 1. The quantitative estimate of drug-likeness (QED) is 0.694. The number of H-pyrrole nitrogens is 1. The molecule has 0 bridgehead atoms. The van der Waals surface area contributed by atoms with Crippen molar-refractivity contribution in [3.8, 4) is 5.75 Å². The van der Waals surface area contributed by atoms with Gasteiger partial charge in [0.1, 0.15) is 5.75 Å². The molecule has 0 spiro atoms. The first-order chi connectivity index (χ1) is 12.7. The number of amides is 1. The standard InChI is InChI=1S/C22H24N2O2/c1-15-9-10-18-16(14-24-20(18)13-15)11-12-23-22(25)19-7-2-3-8-21(19)26-17-5-4-6-17/h2-3,7-10,13-14,17,24H,4-6,11-12H2,1H3,(H,23,25). The highest BCUT2D eigenvalue weighted by molar-refractivity contribution is 5.97. The number of hydrogen-bond acceptors (Lipinski definition) is 2. The zero-order valence-electron chi connectivity index (χ0n) is 15.0. The minimum absolute atomic E-state index is 0.0735. The van der Waals surface area contributed by atoms with Gasteiger partial charge in [-0.3, -0.25) is 4.79 Å². The second kappa shape index (κ2) is 7.24. The zero-order chi connectivity index (χ0) is 17.9. The summed E-state index contributed by atoms with van der Waals surface area (Å²) in [5.41, 5.74) is 4.22. The lowest BCUT2D eigenvalue weighted by atomic mass is 9.96. The molecule has 1 aliphatic carbocycles. The molecular weight excluding hydrogens is 324 g/mol. The van der Waals surface area contributed by atoms with E-state index in [4.69, 9.17) is 4.74 Å². The molecule has 2 N–H and O–H groups in total. The summed E-state index contributed by atoms with van der Waals surface area (Å²) >= 11 is 0. The molecule has 26 heavy (non-hydrogen) atoms. The van der Waals surface area contributed by atoms with Gasteiger partial charge in [0.05, 0.1) is 11.7 Å². The van der Waals surface area contributed by atoms with E-state index in [9.17, 15) is 4.79 Å². The fourth-order valence-corrected chi connectivity index (χ4v) is 3.34. The molecule has 3 aromatic rings. The second-order valence-corrected chi connectivity index (χ2v) is 7.04. The van der Waals surface area contributed by atoms with Gasteiger partial charge in [0.2, 0.25) is 0 Å². The number of carbonyl (C=O) groups is 1. The molecule has 2 aromatic carbocycles. The van der Waals surface area contributed by atoms with Crippen LogP contribution >= 0.6 is 0 Å². The third-order valence-corrected chi connectivity index (χ3v) is 5.08. The topological polar surface area (TPSA) is 54.1 Å². The lowest BCUT2D eigenvalue weighted by Crippen LogP contribution is -2.29. The Labute approximate surface area is 153 Å². The van der Waals surface area contributed by atoms with Crippen LogP contribution in [0.4, 0.5) is 0 Å². The van der Waals surface area contributed by atoms with Gasteiger partial charge < -0.3 is 15.0 Å². The second-order valence-electron chi connectivity index (χ2n) is 7.04. The third kappa shape index (κ3) is 3.45. The van der Waals surface area contributed by atoms with Crippen LogP contribution in [0.25, 0.3) is 10.9 Å². The normalized spacial score (nSPS) is 14.2. The monoisotopic (exact) mass is 348 g/mol. The number of aromatic nitrogens is 1. The first kappa shape index (κ1) is 16.7. The highest BCUT2D eigenvalue weighted by Crippen LogP contribution is 2.27. The van der Waals surface area contributed by atoms with E-state index in [0.29, 0.717) is 17.9 Å². The van der Waals surface area contributed by atoms with Crippen molar-refractivity contribution in [1.82, 2.24) is 10.3 Å². The van der Waals surface area contributed by atoms with Crippen LogP contribution in [-0.4, -0.2) is 23.5 Å². The van der Waals surface area contributed by atoms with Crippen molar-refractivity contribution in [2.75, 3.05) is 6.54 Å². The van der Waals surface area contributed by atoms with Crippen molar-refractivity contribution in [3.05, 3.63) is 65.4 Å². The molecule has 4 nitrogen and oxygen atoms in total. The van der Waals surface area contributed by atoms with Crippen molar-refractivity contribution in [2.24, 2.45) is 0 Å². The van der Waals surface area contributed by atoms with Crippen molar-refractivity contribution < 1.29 is 9.53 Å². The summed E-state index contributed by atoms with van der Waals surface area (Å²) in [7, 11) is 0. The summed E-state index contributed by atoms with van der Waals surface area (Å²) in [5, 5.41) is 4.25. The third-order valence-electron chi connectivity index (χ3n) is 5.08. The maximum Gasteiger partial charge on any atom is 0.255 e. The van der Waals surface area contributed by atoms with Crippen LogP contribution in [0.15, 0.2) is 48.7 Å². The van der Waals surface area contributed by atoms with Gasteiger partial charge in [-0.2, -0.15) is 0 Å². The molecule has 0 radical (unpaired) electrons. The Morgan fingerprint density at radius 1 is 1.23 bits per heavy atom. The summed E-state index contributed by atoms with van der Waals surface area (Å²) in [4.78, 5) is 15.9. The Balaban J connectivity index is 1.39. The number of hydrogen-bond donors (Lipinski definition) is 2. The molecule has 1 fully saturated rings. The number of nitrogens with one attached hydrogen (secondary N) is 2. The lowest BCUT2D eigenvalue weighted by molar-refractivity contribution is 0.0928. The molecular formula is C22H24N2O2. The molecule has 1 saturated carbocycles. The molecule has 4 rings (SSSR count). The summed E-state index contributed by atoms with van der Waals surface area (Å²) in [6.07, 6.45) is 6.46. The average molecular weight is 348 g/mol. The molecule has 0 unspecified atom stereocenters. The van der Waals surface area contributed by atoms with E-state index in [1.807, 2.05) is 30.5 Å². The van der Waals surface area contributed by atoms with Gasteiger partial charge in [-0.1, -0.05) is 24.3 Å². The van der Waals surface area contributed by atoms with E-state index in [-0.39, 0.29) is 12.0 Å². The van der Waals surface area contributed by atoms with Gasteiger partial charge in [-0.05, 0) is 61.9 Å². The van der Waals surface area contributed by atoms with Crippen LogP contribution in [0.5, 0.6) is 5.75 Å². The predicted molar refractivity (Wildman–Crippen MR) is 104 cm³/mol. The molecule has 134 valence electrons. The Hall–Kier alpha value is -2.75.